The van der Waals surface area contributed by atoms with E-state index >= 15 is 0 Å². The van der Waals surface area contributed by atoms with Crippen LogP contribution in [0.15, 0.2) is 64.2 Å². The van der Waals surface area contributed by atoms with E-state index in [0.29, 0.717) is 47.1 Å². The molecular formula is C25H22N4O4. The molecule has 4 aromatic rings. The largest absolute Gasteiger partial charge is 0.384 e. The Labute approximate surface area is 188 Å². The lowest BCUT2D eigenvalue weighted by atomic mass is 9.94. The quantitative estimate of drug-likeness (QED) is 0.300. The van der Waals surface area contributed by atoms with Gasteiger partial charge in [-0.3, -0.25) is 34.3 Å². The highest BCUT2D eigenvalue weighted by Gasteiger charge is 2.31. The standard InChI is InChI=1S/C25H22N4O4/c30-22-16-9-6-12-19(21(16)23(31)28-27-22)26-13-2-1-3-14-29-24(32)17-10-4-7-15-8-5-11-18(20(15)17)25(29)33/h4-12,26H,1-3,13-14H2,(H,27,30)(H,28,31). The molecule has 0 unspecified atom stereocenters. The number of carbonyl (C=O) groups is 2. The van der Waals surface area contributed by atoms with E-state index in [2.05, 4.69) is 15.5 Å². The van der Waals surface area contributed by atoms with Gasteiger partial charge in [-0.05, 0) is 48.9 Å². The fourth-order valence-electron chi connectivity index (χ4n) is 4.46. The first-order chi connectivity index (χ1) is 16.1. The van der Waals surface area contributed by atoms with E-state index in [1.165, 1.54) is 4.90 Å². The molecule has 8 nitrogen and oxygen atoms in total. The summed E-state index contributed by atoms with van der Waals surface area (Å²) in [6.07, 6.45) is 2.24. The molecule has 0 bridgehead atoms. The second kappa shape index (κ2) is 8.38. The number of rotatable bonds is 7. The molecule has 166 valence electrons. The summed E-state index contributed by atoms with van der Waals surface area (Å²) in [4.78, 5) is 51.3. The summed E-state index contributed by atoms with van der Waals surface area (Å²) < 4.78 is 0. The minimum atomic E-state index is -0.356. The first-order valence-electron chi connectivity index (χ1n) is 10.9. The highest BCUT2D eigenvalue weighted by Crippen LogP contribution is 2.30. The Bertz CT molecular complexity index is 1470. The molecule has 0 saturated carbocycles. The van der Waals surface area contributed by atoms with Crippen molar-refractivity contribution in [3.05, 3.63) is 86.4 Å². The third-order valence-corrected chi connectivity index (χ3v) is 6.06. The Morgan fingerprint density at radius 1 is 0.697 bits per heavy atom. The first kappa shape index (κ1) is 20.7. The summed E-state index contributed by atoms with van der Waals surface area (Å²) >= 11 is 0. The average Bonchev–Trinajstić information content (AvgIpc) is 2.83. The minimum Gasteiger partial charge on any atom is -0.384 e. The van der Waals surface area contributed by atoms with Crippen LogP contribution in [0.1, 0.15) is 40.0 Å². The maximum absolute atomic E-state index is 12.9. The Kier molecular flexibility index (Phi) is 5.26. The van der Waals surface area contributed by atoms with Crippen LogP contribution in [-0.4, -0.2) is 40.0 Å². The topological polar surface area (TPSA) is 115 Å². The lowest BCUT2D eigenvalue weighted by molar-refractivity contribution is 0.0608. The predicted molar refractivity (Wildman–Crippen MR) is 127 cm³/mol. The van der Waals surface area contributed by atoms with Crippen LogP contribution < -0.4 is 16.4 Å². The van der Waals surface area contributed by atoms with Crippen LogP contribution in [0.4, 0.5) is 5.69 Å². The van der Waals surface area contributed by atoms with Gasteiger partial charge in [0.25, 0.3) is 22.9 Å². The summed E-state index contributed by atoms with van der Waals surface area (Å²) in [5.41, 5.74) is 1.04. The van der Waals surface area contributed by atoms with Crippen molar-refractivity contribution in [1.29, 1.82) is 0 Å². The Morgan fingerprint density at radius 2 is 1.36 bits per heavy atom. The van der Waals surface area contributed by atoms with Crippen LogP contribution in [0.3, 0.4) is 0 Å². The summed E-state index contributed by atoms with van der Waals surface area (Å²) in [6, 6.07) is 16.1. The molecule has 0 spiro atoms. The number of nitrogens with zero attached hydrogens (tertiary/aromatic N) is 1. The number of hydrogen-bond acceptors (Lipinski definition) is 5. The fraction of sp³-hybridized carbons (Fsp3) is 0.200. The molecule has 0 aliphatic carbocycles. The van der Waals surface area contributed by atoms with Crippen LogP contribution in [0.5, 0.6) is 0 Å². The van der Waals surface area contributed by atoms with Gasteiger partial charge in [-0.25, -0.2) is 0 Å². The van der Waals surface area contributed by atoms with Crippen molar-refractivity contribution < 1.29 is 9.59 Å². The molecule has 0 radical (unpaired) electrons. The molecule has 3 N–H and O–H groups in total. The van der Waals surface area contributed by atoms with Gasteiger partial charge in [0, 0.05) is 35.3 Å². The predicted octanol–water partition coefficient (Wildman–Crippen LogP) is 3.25. The second-order valence-electron chi connectivity index (χ2n) is 8.10. The van der Waals surface area contributed by atoms with Gasteiger partial charge in [-0.15, -0.1) is 0 Å². The number of fused-ring (bicyclic) bond motifs is 1. The van der Waals surface area contributed by atoms with Gasteiger partial charge < -0.3 is 5.32 Å². The molecule has 1 aromatic heterocycles. The molecule has 2 amide bonds. The minimum absolute atomic E-state index is 0.248. The van der Waals surface area contributed by atoms with Gasteiger partial charge in [0.05, 0.1) is 10.8 Å². The van der Waals surface area contributed by atoms with Crippen LogP contribution in [0.25, 0.3) is 21.5 Å². The SMILES string of the molecule is O=C1c2cccc3cccc(c23)C(=O)N1CCCCCNc1cccc2c(=O)[nH][nH]c(=O)c12. The van der Waals surface area contributed by atoms with Crippen molar-refractivity contribution in [2.45, 2.75) is 19.3 Å². The Hall–Kier alpha value is -4.20. The number of anilines is 1. The van der Waals surface area contributed by atoms with Gasteiger partial charge in [-0.2, -0.15) is 0 Å². The molecule has 1 aliphatic heterocycles. The Balaban J connectivity index is 1.20. The highest BCUT2D eigenvalue weighted by atomic mass is 16.2. The number of aromatic nitrogens is 2. The zero-order valence-electron chi connectivity index (χ0n) is 17.8. The van der Waals surface area contributed by atoms with Crippen molar-refractivity contribution in [3.8, 4) is 0 Å². The van der Waals surface area contributed by atoms with Crippen LogP contribution in [0.2, 0.25) is 0 Å². The summed E-state index contributed by atoms with van der Waals surface area (Å²) in [7, 11) is 0. The number of carbonyl (C=O) groups excluding carboxylic acids is 2. The molecule has 0 fully saturated rings. The molecule has 8 heteroatoms. The number of amides is 2. The van der Waals surface area contributed by atoms with Gasteiger partial charge >= 0.3 is 0 Å². The van der Waals surface area contributed by atoms with E-state index in [1.54, 1.807) is 30.3 Å². The van der Waals surface area contributed by atoms with Gasteiger partial charge in [0.2, 0.25) is 0 Å². The van der Waals surface area contributed by atoms with Crippen molar-refractivity contribution >= 4 is 39.0 Å². The van der Waals surface area contributed by atoms with E-state index in [4.69, 9.17) is 0 Å². The number of H-pyrrole nitrogens is 2. The summed E-state index contributed by atoms with van der Waals surface area (Å²) in [5.74, 6) is -0.495. The average molecular weight is 442 g/mol. The van der Waals surface area contributed by atoms with Gasteiger partial charge in [-0.1, -0.05) is 30.3 Å². The number of imide groups is 1. The van der Waals surface area contributed by atoms with E-state index in [9.17, 15) is 19.2 Å². The van der Waals surface area contributed by atoms with E-state index < -0.39 is 0 Å². The molecule has 3 aromatic carbocycles. The zero-order chi connectivity index (χ0) is 22.9. The summed E-state index contributed by atoms with van der Waals surface area (Å²) in [5, 5.41) is 10.2. The summed E-state index contributed by atoms with van der Waals surface area (Å²) in [6.45, 7) is 0.946. The maximum atomic E-state index is 12.9. The molecule has 5 rings (SSSR count). The van der Waals surface area contributed by atoms with Crippen molar-refractivity contribution in [3.63, 3.8) is 0 Å². The lowest BCUT2D eigenvalue weighted by Crippen LogP contribution is -2.40. The molecule has 33 heavy (non-hydrogen) atoms. The number of benzene rings is 3. The van der Waals surface area contributed by atoms with Gasteiger partial charge in [0.1, 0.15) is 0 Å². The zero-order valence-corrected chi connectivity index (χ0v) is 17.8. The fourth-order valence-corrected chi connectivity index (χ4v) is 4.46. The molecule has 2 heterocycles. The smallest absolute Gasteiger partial charge is 0.272 e. The maximum Gasteiger partial charge on any atom is 0.272 e. The molecule has 0 saturated heterocycles. The lowest BCUT2D eigenvalue weighted by Gasteiger charge is -2.27. The third-order valence-electron chi connectivity index (χ3n) is 6.06. The highest BCUT2D eigenvalue weighted by molar-refractivity contribution is 6.25. The normalized spacial score (nSPS) is 13.2. The van der Waals surface area contributed by atoms with E-state index in [-0.39, 0.29) is 22.9 Å². The van der Waals surface area contributed by atoms with Crippen LogP contribution in [-0.2, 0) is 0 Å². The van der Waals surface area contributed by atoms with E-state index in [1.807, 2.05) is 24.3 Å². The first-order valence-corrected chi connectivity index (χ1v) is 10.9. The van der Waals surface area contributed by atoms with Crippen molar-refractivity contribution in [2.24, 2.45) is 0 Å². The molecular weight excluding hydrogens is 420 g/mol. The number of nitrogens with one attached hydrogen (secondary N) is 3. The molecule has 1 aliphatic rings. The van der Waals surface area contributed by atoms with Crippen molar-refractivity contribution in [1.82, 2.24) is 15.1 Å². The number of hydrogen-bond donors (Lipinski definition) is 3. The monoisotopic (exact) mass is 442 g/mol. The van der Waals surface area contributed by atoms with E-state index in [0.717, 1.165) is 23.6 Å². The third kappa shape index (κ3) is 3.59. The number of unbranched alkanes of at least 4 members (excludes halogenated alkanes) is 2. The molecule has 0 atom stereocenters. The van der Waals surface area contributed by atoms with Crippen LogP contribution >= 0.6 is 0 Å². The number of aromatic amines is 2. The van der Waals surface area contributed by atoms with Gasteiger partial charge in [0.15, 0.2) is 0 Å². The Morgan fingerprint density at radius 3 is 2.09 bits per heavy atom. The van der Waals surface area contributed by atoms with Crippen LogP contribution in [0, 0.1) is 0 Å². The van der Waals surface area contributed by atoms with Crippen molar-refractivity contribution in [2.75, 3.05) is 18.4 Å². The second-order valence-corrected chi connectivity index (χ2v) is 8.10.